The second-order valence-corrected chi connectivity index (χ2v) is 19.7. The van der Waals surface area contributed by atoms with E-state index in [0.29, 0.717) is 30.9 Å². The van der Waals surface area contributed by atoms with Gasteiger partial charge in [0.25, 0.3) is 12.9 Å². The fraction of sp³-hybridized carbons (Fsp3) is 0.561. The summed E-state index contributed by atoms with van der Waals surface area (Å²) in [7, 11) is 3.43. The fourth-order valence-electron chi connectivity index (χ4n) is 2.75. The number of hydrogen-bond acceptors (Lipinski definition) is 10. The molecule has 2 atom stereocenters. The van der Waals surface area contributed by atoms with Crippen LogP contribution in [0.3, 0.4) is 0 Å². The van der Waals surface area contributed by atoms with Crippen LogP contribution in [-0.4, -0.2) is 67.6 Å². The molecule has 0 saturated carbocycles. The molecule has 0 aromatic heterocycles. The summed E-state index contributed by atoms with van der Waals surface area (Å²) in [5.41, 5.74) is 4.45. The number of carbonyl (C=O) groups is 4. The molecule has 0 bridgehead atoms. The Morgan fingerprint density at radius 2 is 0.982 bits per heavy atom. The number of aryl methyl sites for hydroxylation is 2. The topological polar surface area (TPSA) is 127 Å². The maximum absolute atomic E-state index is 10.8. The summed E-state index contributed by atoms with van der Waals surface area (Å²) < 4.78 is 9.27. The smallest absolute Gasteiger partial charge is 0.307 e. The third-order valence-electron chi connectivity index (χ3n) is 7.40. The van der Waals surface area contributed by atoms with Crippen LogP contribution in [0, 0.1) is 40.5 Å². The SMILES string of the molecule is CCCSSC(C)(C)C(C)C(=O)O.CSC(C)(C)C.CSC(C)(C)C(C)C(=O)O.Cc1ccc(COC=O)cc1.Cc1ccc(COC=O)cc1.[CH3-].[CH3-].[Y].[Y]. The van der Waals surface area contributed by atoms with Crippen LogP contribution in [0.4, 0.5) is 0 Å². The maximum atomic E-state index is 10.8. The van der Waals surface area contributed by atoms with E-state index in [0.717, 1.165) is 23.3 Å². The zero-order valence-corrected chi connectivity index (χ0v) is 45.3. The molecule has 0 amide bonds. The van der Waals surface area contributed by atoms with Crippen LogP contribution in [0.15, 0.2) is 48.5 Å². The molecule has 314 valence electrons. The number of ether oxygens (including phenoxy) is 2. The van der Waals surface area contributed by atoms with Gasteiger partial charge in [-0.3, -0.25) is 19.2 Å². The first-order chi connectivity index (χ1) is 23.5. The van der Waals surface area contributed by atoms with Crippen LogP contribution in [0.2, 0.25) is 0 Å². The molecule has 2 unspecified atom stereocenters. The van der Waals surface area contributed by atoms with Crippen molar-refractivity contribution in [2.24, 2.45) is 11.8 Å². The van der Waals surface area contributed by atoms with Crippen molar-refractivity contribution >= 4 is 70.0 Å². The van der Waals surface area contributed by atoms with E-state index < -0.39 is 11.9 Å². The molecule has 2 aromatic carbocycles. The fourth-order valence-corrected chi connectivity index (χ4v) is 6.10. The van der Waals surface area contributed by atoms with Crippen LogP contribution in [-0.2, 0) is 107 Å². The minimum atomic E-state index is -0.723. The van der Waals surface area contributed by atoms with Gasteiger partial charge in [-0.25, -0.2) is 0 Å². The molecule has 0 saturated heterocycles. The minimum Gasteiger partial charge on any atom is -0.481 e. The Balaban J connectivity index is -0.000000104. The van der Waals surface area contributed by atoms with Gasteiger partial charge < -0.3 is 34.5 Å². The molecule has 0 aliphatic carbocycles. The van der Waals surface area contributed by atoms with Gasteiger partial charge in [0, 0.05) is 85.4 Å². The summed E-state index contributed by atoms with van der Waals surface area (Å²) in [5.74, 6) is -0.946. The second kappa shape index (κ2) is 39.4. The summed E-state index contributed by atoms with van der Waals surface area (Å²) in [6.07, 6.45) is 5.19. The van der Waals surface area contributed by atoms with Crippen molar-refractivity contribution in [1.29, 1.82) is 0 Å². The summed E-state index contributed by atoms with van der Waals surface area (Å²) in [5, 5.41) is 17.5. The molecule has 0 aliphatic heterocycles. The van der Waals surface area contributed by atoms with Gasteiger partial charge in [0.15, 0.2) is 0 Å². The third-order valence-corrected chi connectivity index (χ3v) is 13.7. The molecular formula is C41H70O8S4Y2-2. The first-order valence-electron chi connectivity index (χ1n) is 16.6. The largest absolute Gasteiger partial charge is 0.481 e. The van der Waals surface area contributed by atoms with Crippen LogP contribution in [0.1, 0.15) is 97.9 Å². The van der Waals surface area contributed by atoms with Crippen LogP contribution in [0.25, 0.3) is 0 Å². The van der Waals surface area contributed by atoms with Gasteiger partial charge in [0.05, 0.1) is 11.8 Å². The summed E-state index contributed by atoms with van der Waals surface area (Å²) in [6, 6.07) is 15.7. The average molecular weight is 997 g/mol. The van der Waals surface area contributed by atoms with Crippen LogP contribution < -0.4 is 0 Å². The van der Waals surface area contributed by atoms with Gasteiger partial charge in [-0.05, 0) is 71.6 Å². The molecule has 2 rings (SSSR count). The molecule has 14 heteroatoms. The van der Waals surface area contributed by atoms with E-state index in [1.165, 1.54) is 11.1 Å². The zero-order chi connectivity index (χ0) is 40.3. The molecule has 0 heterocycles. The van der Waals surface area contributed by atoms with Gasteiger partial charge in [0.2, 0.25) is 0 Å². The van der Waals surface area contributed by atoms with E-state index in [9.17, 15) is 19.2 Å². The van der Waals surface area contributed by atoms with E-state index in [1.54, 1.807) is 47.2 Å². The molecule has 0 fully saturated rings. The number of thioether (sulfide) groups is 2. The summed E-state index contributed by atoms with van der Waals surface area (Å²) in [6.45, 7) is 25.8. The third kappa shape index (κ3) is 40.5. The average Bonchev–Trinajstić information content (AvgIpc) is 3.07. The van der Waals surface area contributed by atoms with E-state index in [4.69, 9.17) is 10.2 Å². The van der Waals surface area contributed by atoms with Gasteiger partial charge in [-0.1, -0.05) is 123 Å². The first-order valence-corrected chi connectivity index (χ1v) is 21.4. The number of aliphatic carboxylic acids is 2. The van der Waals surface area contributed by atoms with Crippen molar-refractivity contribution in [1.82, 2.24) is 0 Å². The van der Waals surface area contributed by atoms with Crippen LogP contribution in [0.5, 0.6) is 0 Å². The molecule has 0 spiro atoms. The normalized spacial score (nSPS) is 11.0. The second-order valence-electron chi connectivity index (χ2n) is 13.5. The number of carboxylic acid groups (broad SMARTS) is 2. The summed E-state index contributed by atoms with van der Waals surface area (Å²) in [4.78, 5) is 40.9. The predicted molar refractivity (Wildman–Crippen MR) is 236 cm³/mol. The standard InChI is InChI=1S/C9H18O2S2.2C9H10O2.C7H14O2S.C5H12S.2CH3.2Y/c1-5-6-12-13-9(3,4)7(2)8(10)11;2*1-8-2-4-9(5-3-8)6-11-7-10;1-5(6(8)9)7(2,3)10-4;1-5(2,3)6-4;;;;/h7H,5-6H2,1-4H3,(H,10,11);2*2-5,7H,6H2,1H3;5H,1-4H3,(H,8,9);1-4H3;2*1H3;;/q;;;;;2*-1;;. The van der Waals surface area contributed by atoms with Crippen molar-refractivity contribution < 1.29 is 104 Å². The minimum absolute atomic E-state index is 0. The number of carboxylic acids is 2. The Hall–Kier alpha value is -0.0722. The Kier molecular flexibility index (Phi) is 49.8. The van der Waals surface area contributed by atoms with E-state index >= 15 is 0 Å². The van der Waals surface area contributed by atoms with Crippen molar-refractivity contribution in [3.05, 3.63) is 85.6 Å². The predicted octanol–water partition coefficient (Wildman–Crippen LogP) is 11.5. The Bertz CT molecular complexity index is 1170. The van der Waals surface area contributed by atoms with Gasteiger partial charge in [-0.15, -0.1) is 0 Å². The number of hydrogen-bond donors (Lipinski definition) is 2. The van der Waals surface area contributed by atoms with Crippen LogP contribution >= 0.6 is 45.1 Å². The quantitative estimate of drug-likeness (QED) is 0.0763. The molecule has 2 aromatic rings. The first kappa shape index (κ1) is 69.5. The van der Waals surface area contributed by atoms with Crippen molar-refractivity contribution in [3.63, 3.8) is 0 Å². The van der Waals surface area contributed by atoms with Crippen molar-refractivity contribution in [3.8, 4) is 0 Å². The maximum Gasteiger partial charge on any atom is 0.307 e. The molecule has 2 radical (unpaired) electrons. The van der Waals surface area contributed by atoms with Gasteiger partial charge in [0.1, 0.15) is 13.2 Å². The molecule has 55 heavy (non-hydrogen) atoms. The van der Waals surface area contributed by atoms with Crippen molar-refractivity contribution in [2.45, 2.75) is 117 Å². The Morgan fingerprint density at radius 1 is 0.673 bits per heavy atom. The monoisotopic (exact) mass is 996 g/mol. The number of rotatable bonds is 15. The van der Waals surface area contributed by atoms with E-state index in [2.05, 4.69) is 43.4 Å². The summed E-state index contributed by atoms with van der Waals surface area (Å²) >= 11 is 3.46. The molecule has 0 aliphatic rings. The molecule has 8 nitrogen and oxygen atoms in total. The zero-order valence-electron chi connectivity index (χ0n) is 36.4. The number of carbonyl (C=O) groups excluding carboxylic acids is 2. The Labute approximate surface area is 402 Å². The molecule has 2 N–H and O–H groups in total. The van der Waals surface area contributed by atoms with Gasteiger partial charge >= 0.3 is 11.9 Å². The van der Waals surface area contributed by atoms with Gasteiger partial charge in [-0.2, -0.15) is 23.5 Å². The van der Waals surface area contributed by atoms with E-state index in [1.807, 2.05) is 108 Å². The number of benzene rings is 2. The van der Waals surface area contributed by atoms with Crippen molar-refractivity contribution in [2.75, 3.05) is 18.3 Å². The van der Waals surface area contributed by atoms with E-state index in [-0.39, 0.29) is 102 Å². The Morgan fingerprint density at radius 3 is 1.20 bits per heavy atom. The molecular weight excluding hydrogens is 927 g/mol.